The molecule has 0 radical (unpaired) electrons. The average molecular weight is 555 g/mol. The Labute approximate surface area is 238 Å². The fraction of sp³-hybridized carbons (Fsp3) is 0.364. The molecule has 1 saturated heterocycles. The number of Topliss-reactive ketones (excluding diaryl/α,β-unsaturated/α-hetero) is 1. The Morgan fingerprint density at radius 2 is 1.85 bits per heavy atom. The van der Waals surface area contributed by atoms with Crippen LogP contribution in [0.15, 0.2) is 86.5 Å². The van der Waals surface area contributed by atoms with Gasteiger partial charge < -0.3 is 24.1 Å². The third-order valence-electron chi connectivity index (χ3n) is 8.37. The SMILES string of the molecule is CC1=C(C(=O)OC[C@@H]2CCCO2)[C@H](c2coc3ccccc3c2=O)C2=C(C[C@H](c3ccc(N(C)C)cc3)CC2=O)N1. The normalized spacial score (nSPS) is 22.5. The molecule has 0 unspecified atom stereocenters. The molecular weight excluding hydrogens is 520 g/mol. The Hall–Kier alpha value is -4.17. The molecule has 6 rings (SSSR count). The molecule has 2 aliphatic heterocycles. The lowest BCUT2D eigenvalue weighted by Crippen LogP contribution is -2.38. The molecule has 3 aromatic rings. The van der Waals surface area contributed by atoms with Crippen molar-refractivity contribution in [2.75, 3.05) is 32.2 Å². The third kappa shape index (κ3) is 5.08. The van der Waals surface area contributed by atoms with Gasteiger partial charge in [0, 0.05) is 55.3 Å². The van der Waals surface area contributed by atoms with Crippen molar-refractivity contribution in [3.05, 3.63) is 98.7 Å². The van der Waals surface area contributed by atoms with E-state index in [2.05, 4.69) is 29.6 Å². The van der Waals surface area contributed by atoms with Crippen LogP contribution in [0.3, 0.4) is 0 Å². The van der Waals surface area contributed by atoms with Crippen LogP contribution in [-0.2, 0) is 19.1 Å². The van der Waals surface area contributed by atoms with E-state index in [9.17, 15) is 14.4 Å². The first kappa shape index (κ1) is 27.0. The number of hydrogen-bond acceptors (Lipinski definition) is 8. The van der Waals surface area contributed by atoms with E-state index >= 15 is 0 Å². The number of esters is 1. The van der Waals surface area contributed by atoms with E-state index in [0.717, 1.165) is 29.8 Å². The van der Waals surface area contributed by atoms with Gasteiger partial charge in [0.2, 0.25) is 0 Å². The number of para-hydroxylation sites is 1. The minimum Gasteiger partial charge on any atom is -0.464 e. The van der Waals surface area contributed by atoms with E-state index in [1.165, 1.54) is 6.26 Å². The summed E-state index contributed by atoms with van der Waals surface area (Å²) in [5.41, 5.74) is 4.57. The second kappa shape index (κ2) is 11.0. The topological polar surface area (TPSA) is 98.1 Å². The number of benzene rings is 2. The summed E-state index contributed by atoms with van der Waals surface area (Å²) in [6.07, 6.45) is 3.85. The lowest BCUT2D eigenvalue weighted by molar-refractivity contribution is -0.142. The first-order valence-corrected chi connectivity index (χ1v) is 14.1. The van der Waals surface area contributed by atoms with Gasteiger partial charge >= 0.3 is 5.97 Å². The Bertz CT molecular complexity index is 1630. The van der Waals surface area contributed by atoms with Crippen molar-refractivity contribution in [1.82, 2.24) is 5.32 Å². The largest absolute Gasteiger partial charge is 0.464 e. The van der Waals surface area contributed by atoms with Gasteiger partial charge in [0.15, 0.2) is 11.2 Å². The molecule has 2 aromatic carbocycles. The quantitative estimate of drug-likeness (QED) is 0.428. The molecule has 1 aromatic heterocycles. The Morgan fingerprint density at radius 3 is 2.59 bits per heavy atom. The smallest absolute Gasteiger partial charge is 0.336 e. The zero-order valence-electron chi connectivity index (χ0n) is 23.6. The summed E-state index contributed by atoms with van der Waals surface area (Å²) in [6, 6.07) is 15.2. The van der Waals surface area contributed by atoms with Crippen molar-refractivity contribution in [2.24, 2.45) is 0 Å². The monoisotopic (exact) mass is 554 g/mol. The van der Waals surface area contributed by atoms with Crippen LogP contribution in [0.2, 0.25) is 0 Å². The fourth-order valence-electron chi connectivity index (χ4n) is 6.22. The van der Waals surface area contributed by atoms with E-state index in [0.29, 0.717) is 35.3 Å². The fourth-order valence-corrected chi connectivity index (χ4v) is 6.22. The highest BCUT2D eigenvalue weighted by Gasteiger charge is 2.43. The van der Waals surface area contributed by atoms with E-state index in [1.54, 1.807) is 31.2 Å². The number of ketones is 1. The molecule has 0 saturated carbocycles. The van der Waals surface area contributed by atoms with Gasteiger partial charge in [0.05, 0.1) is 29.2 Å². The van der Waals surface area contributed by atoms with Crippen molar-refractivity contribution >= 4 is 28.4 Å². The summed E-state index contributed by atoms with van der Waals surface area (Å²) in [6.45, 7) is 2.57. The lowest BCUT2D eigenvalue weighted by Gasteiger charge is -2.36. The minimum absolute atomic E-state index is 0.0283. The Morgan fingerprint density at radius 1 is 1.07 bits per heavy atom. The van der Waals surface area contributed by atoms with Gasteiger partial charge in [-0.25, -0.2) is 4.79 Å². The minimum atomic E-state index is -0.895. The zero-order valence-corrected chi connectivity index (χ0v) is 23.6. The molecule has 8 nitrogen and oxygen atoms in total. The molecule has 3 aliphatic rings. The van der Waals surface area contributed by atoms with Crippen LogP contribution in [0.1, 0.15) is 55.6 Å². The molecule has 0 spiro atoms. The number of nitrogens with zero attached hydrogens (tertiary/aromatic N) is 1. The number of ether oxygens (including phenoxy) is 2. The number of nitrogens with one attached hydrogen (secondary N) is 1. The van der Waals surface area contributed by atoms with Crippen LogP contribution in [-0.4, -0.2) is 45.2 Å². The number of carbonyl (C=O) groups excluding carboxylic acids is 2. The first-order chi connectivity index (χ1) is 19.8. The molecule has 1 fully saturated rings. The predicted molar refractivity (Wildman–Crippen MR) is 156 cm³/mol. The van der Waals surface area contributed by atoms with Crippen molar-refractivity contribution in [3.63, 3.8) is 0 Å². The van der Waals surface area contributed by atoms with Crippen LogP contribution in [0.25, 0.3) is 11.0 Å². The standard InChI is InChI=1S/C33H34N2O6/c1-19-29(33(38)41-17-23-7-6-14-39-23)30(25-18-40-28-9-5-4-8-24(28)32(25)37)31-26(34-19)15-21(16-27(31)36)20-10-12-22(13-11-20)35(2)3/h4-5,8-13,18,21,23,30,34H,6-7,14-17H2,1-3H3/t21-,23-,30-/m0/s1. The maximum atomic E-state index is 14.0. The van der Waals surface area contributed by atoms with Crippen molar-refractivity contribution in [2.45, 2.75) is 50.5 Å². The van der Waals surface area contributed by atoms with Gasteiger partial charge in [-0.1, -0.05) is 24.3 Å². The number of dihydropyridines is 1. The van der Waals surface area contributed by atoms with Crippen LogP contribution in [0.5, 0.6) is 0 Å². The highest BCUT2D eigenvalue weighted by Crippen LogP contribution is 2.45. The third-order valence-corrected chi connectivity index (χ3v) is 8.37. The van der Waals surface area contributed by atoms with Gasteiger partial charge in [-0.3, -0.25) is 9.59 Å². The number of fused-ring (bicyclic) bond motifs is 1. The van der Waals surface area contributed by atoms with Crippen LogP contribution < -0.4 is 15.6 Å². The first-order valence-electron chi connectivity index (χ1n) is 14.1. The highest BCUT2D eigenvalue weighted by molar-refractivity contribution is 6.04. The summed E-state index contributed by atoms with van der Waals surface area (Å²) in [5.74, 6) is -1.59. The van der Waals surface area contributed by atoms with Crippen LogP contribution in [0.4, 0.5) is 5.69 Å². The Balaban J connectivity index is 1.41. The molecule has 212 valence electrons. The van der Waals surface area contributed by atoms with Gasteiger partial charge in [0.1, 0.15) is 12.2 Å². The lowest BCUT2D eigenvalue weighted by atomic mass is 9.72. The van der Waals surface area contributed by atoms with Gasteiger partial charge in [0.25, 0.3) is 0 Å². The highest BCUT2D eigenvalue weighted by atomic mass is 16.6. The molecule has 0 bridgehead atoms. The maximum Gasteiger partial charge on any atom is 0.336 e. The van der Waals surface area contributed by atoms with E-state index in [1.807, 2.05) is 19.0 Å². The molecule has 1 N–H and O–H groups in total. The zero-order chi connectivity index (χ0) is 28.7. The number of rotatable bonds is 6. The van der Waals surface area contributed by atoms with Gasteiger partial charge in [-0.2, -0.15) is 0 Å². The number of allylic oxidation sites excluding steroid dienone is 3. The van der Waals surface area contributed by atoms with Crippen LogP contribution in [0, 0.1) is 0 Å². The van der Waals surface area contributed by atoms with Crippen molar-refractivity contribution in [1.29, 1.82) is 0 Å². The summed E-state index contributed by atoms with van der Waals surface area (Å²) >= 11 is 0. The van der Waals surface area contributed by atoms with E-state index < -0.39 is 11.9 Å². The van der Waals surface area contributed by atoms with Crippen LogP contribution >= 0.6 is 0 Å². The average Bonchev–Trinajstić information content (AvgIpc) is 3.49. The molecule has 41 heavy (non-hydrogen) atoms. The number of anilines is 1. The number of carbonyl (C=O) groups is 2. The molecule has 0 amide bonds. The molecule has 1 aliphatic carbocycles. The van der Waals surface area contributed by atoms with Gasteiger partial charge in [-0.05, 0) is 61.9 Å². The maximum absolute atomic E-state index is 14.0. The number of hydrogen-bond donors (Lipinski definition) is 1. The van der Waals surface area contributed by atoms with Gasteiger partial charge in [-0.15, -0.1) is 0 Å². The molecular formula is C33H34N2O6. The summed E-state index contributed by atoms with van der Waals surface area (Å²) in [7, 11) is 3.98. The van der Waals surface area contributed by atoms with Crippen molar-refractivity contribution < 1.29 is 23.5 Å². The summed E-state index contributed by atoms with van der Waals surface area (Å²) in [4.78, 5) is 43.4. The van der Waals surface area contributed by atoms with E-state index in [4.69, 9.17) is 13.9 Å². The molecule has 3 heterocycles. The summed E-state index contributed by atoms with van der Waals surface area (Å²) < 4.78 is 17.2. The summed E-state index contributed by atoms with van der Waals surface area (Å²) in [5, 5.41) is 3.76. The Kier molecular flexibility index (Phi) is 7.26. The molecule has 8 heteroatoms. The second-order valence-electron chi connectivity index (χ2n) is 11.3. The van der Waals surface area contributed by atoms with Crippen molar-refractivity contribution in [3.8, 4) is 0 Å². The van der Waals surface area contributed by atoms with E-state index in [-0.39, 0.29) is 47.4 Å². The predicted octanol–water partition coefficient (Wildman–Crippen LogP) is 4.94. The second-order valence-corrected chi connectivity index (χ2v) is 11.3. The molecule has 3 atom stereocenters.